The largest absolute Gasteiger partial charge is 0.496 e. The van der Waals surface area contributed by atoms with Crippen molar-refractivity contribution in [2.75, 3.05) is 20.3 Å². The first-order valence-corrected chi connectivity index (χ1v) is 12.7. The van der Waals surface area contributed by atoms with Crippen molar-refractivity contribution in [2.45, 2.75) is 38.1 Å². The second-order valence-corrected chi connectivity index (χ2v) is 9.62. The summed E-state index contributed by atoms with van der Waals surface area (Å²) in [4.78, 5) is 16.9. The van der Waals surface area contributed by atoms with Crippen LogP contribution in [0, 0.1) is 0 Å². The lowest BCUT2D eigenvalue weighted by molar-refractivity contribution is -0.123. The molecule has 9 nitrogen and oxygen atoms in total. The van der Waals surface area contributed by atoms with E-state index < -0.39 is 18.6 Å². The van der Waals surface area contributed by atoms with Crippen LogP contribution in [0.15, 0.2) is 36.5 Å². The quantitative estimate of drug-likeness (QED) is 0.338. The molecule has 1 atom stereocenters. The van der Waals surface area contributed by atoms with Crippen LogP contribution in [0.5, 0.6) is 5.75 Å². The molecule has 2 aromatic carbocycles. The molecule has 13 heteroatoms. The van der Waals surface area contributed by atoms with Gasteiger partial charge in [-0.25, -0.2) is 9.67 Å². The fourth-order valence-electron chi connectivity index (χ4n) is 4.57. The Kier molecular flexibility index (Phi) is 7.50. The van der Waals surface area contributed by atoms with E-state index in [4.69, 9.17) is 21.1 Å². The van der Waals surface area contributed by atoms with E-state index in [1.54, 1.807) is 24.0 Å². The third kappa shape index (κ3) is 5.71. The van der Waals surface area contributed by atoms with Crippen LogP contribution in [0.2, 0.25) is 5.02 Å². The summed E-state index contributed by atoms with van der Waals surface area (Å²) in [5.41, 5.74) is 2.27. The van der Waals surface area contributed by atoms with Gasteiger partial charge in [0.1, 0.15) is 18.1 Å². The van der Waals surface area contributed by atoms with Crippen LogP contribution in [0.1, 0.15) is 47.2 Å². The number of alkyl halides is 3. The Morgan fingerprint density at radius 1 is 1.26 bits per heavy atom. The first kappa shape index (κ1) is 26.9. The summed E-state index contributed by atoms with van der Waals surface area (Å²) in [5, 5.41) is 12.3. The molecule has 1 N–H and O–H groups in total. The predicted molar refractivity (Wildman–Crippen MR) is 138 cm³/mol. The topological polar surface area (TPSA) is 96.1 Å². The number of benzene rings is 2. The molecule has 0 saturated carbocycles. The highest BCUT2D eigenvalue weighted by Gasteiger charge is 2.28. The van der Waals surface area contributed by atoms with Gasteiger partial charge in [-0.15, -0.1) is 0 Å². The summed E-state index contributed by atoms with van der Waals surface area (Å²) in [6.45, 7) is -0.725. The molecule has 0 bridgehead atoms. The van der Waals surface area contributed by atoms with Gasteiger partial charge in [-0.3, -0.25) is 9.48 Å². The molecule has 4 aromatic rings. The van der Waals surface area contributed by atoms with E-state index in [2.05, 4.69) is 15.2 Å². The summed E-state index contributed by atoms with van der Waals surface area (Å²) in [6.07, 6.45) is 0.578. The maximum absolute atomic E-state index is 12.5. The minimum atomic E-state index is -4.52. The van der Waals surface area contributed by atoms with Gasteiger partial charge in [-0.1, -0.05) is 23.7 Å². The molecule has 1 aliphatic heterocycles. The van der Waals surface area contributed by atoms with Gasteiger partial charge in [0.15, 0.2) is 12.1 Å². The highest BCUT2D eigenvalue weighted by atomic mass is 35.5. The number of aryl methyl sites for hydroxylation is 1. The zero-order valence-electron chi connectivity index (χ0n) is 21.3. The Hall–Kier alpha value is -3.64. The number of halogens is 4. The number of carbonyl (C=O) groups excluding carboxylic acids is 1. The van der Waals surface area contributed by atoms with Crippen LogP contribution in [-0.4, -0.2) is 56.9 Å². The van der Waals surface area contributed by atoms with E-state index in [-0.39, 0.29) is 17.5 Å². The third-order valence-corrected chi connectivity index (χ3v) is 7.03. The number of nitrogens with one attached hydrogen (secondary N) is 1. The molecule has 0 radical (unpaired) electrons. The van der Waals surface area contributed by atoms with Crippen LogP contribution in [-0.2, 0) is 18.2 Å². The molecule has 0 spiro atoms. The molecule has 3 heterocycles. The standard InChI is InChI=1S/C26H26ClF3N6O3/c1-35-21(12-15-7-9-19-18(23(15)27)13-32-36(19)22-5-3-4-10-39-22)33-24(34-35)16-6-8-17(20(11-16)38-2)25(37)31-14-26(28,29)30/h6-9,11,13,22H,3-5,10,12,14H2,1-2H3,(H,31,37). The van der Waals surface area contributed by atoms with Crippen LogP contribution in [0.4, 0.5) is 13.2 Å². The van der Waals surface area contributed by atoms with Gasteiger partial charge < -0.3 is 14.8 Å². The van der Waals surface area contributed by atoms with Crippen molar-refractivity contribution in [2.24, 2.45) is 7.05 Å². The van der Waals surface area contributed by atoms with Crippen molar-refractivity contribution < 1.29 is 27.4 Å². The first-order valence-electron chi connectivity index (χ1n) is 12.3. The molecular formula is C26H26ClF3N6O3. The molecule has 1 saturated heterocycles. The van der Waals surface area contributed by atoms with E-state index in [1.165, 1.54) is 19.2 Å². The SMILES string of the molecule is COc1cc(-c2nc(Cc3ccc4c(cnn4C4CCCCO4)c3Cl)n(C)n2)ccc1C(=O)NCC(F)(F)F. The third-order valence-electron chi connectivity index (χ3n) is 6.58. The van der Waals surface area contributed by atoms with E-state index in [0.29, 0.717) is 35.3 Å². The van der Waals surface area contributed by atoms with Crippen molar-refractivity contribution in [1.82, 2.24) is 29.9 Å². The second-order valence-electron chi connectivity index (χ2n) is 9.25. The summed E-state index contributed by atoms with van der Waals surface area (Å²) in [5.74, 6) is 0.218. The Balaban J connectivity index is 1.37. The number of nitrogens with zero attached hydrogens (tertiary/aromatic N) is 5. The van der Waals surface area contributed by atoms with Gasteiger partial charge in [0.25, 0.3) is 5.91 Å². The molecule has 206 valence electrons. The highest BCUT2D eigenvalue weighted by Crippen LogP contribution is 2.33. The minimum Gasteiger partial charge on any atom is -0.496 e. The van der Waals surface area contributed by atoms with Crippen LogP contribution in [0.25, 0.3) is 22.3 Å². The van der Waals surface area contributed by atoms with Crippen molar-refractivity contribution in [3.63, 3.8) is 0 Å². The first-order chi connectivity index (χ1) is 18.6. The van der Waals surface area contributed by atoms with Crippen LogP contribution < -0.4 is 10.1 Å². The number of methoxy groups -OCH3 is 1. The minimum absolute atomic E-state index is 0.0269. The molecule has 1 unspecified atom stereocenters. The lowest BCUT2D eigenvalue weighted by atomic mass is 10.1. The lowest BCUT2D eigenvalue weighted by Crippen LogP contribution is -2.33. The summed E-state index contributed by atoms with van der Waals surface area (Å²) < 4.78 is 52.1. The van der Waals surface area contributed by atoms with Crippen molar-refractivity contribution >= 4 is 28.4 Å². The average Bonchev–Trinajstić information content (AvgIpc) is 3.52. The fraction of sp³-hybridized carbons (Fsp3) is 0.385. The van der Waals surface area contributed by atoms with E-state index in [0.717, 1.165) is 35.7 Å². The predicted octanol–water partition coefficient (Wildman–Crippen LogP) is 5.08. The zero-order chi connectivity index (χ0) is 27.7. The Labute approximate surface area is 226 Å². The van der Waals surface area contributed by atoms with Gasteiger partial charge >= 0.3 is 6.18 Å². The fourth-order valence-corrected chi connectivity index (χ4v) is 4.85. The summed E-state index contributed by atoms with van der Waals surface area (Å²) >= 11 is 6.78. The molecule has 1 amide bonds. The zero-order valence-corrected chi connectivity index (χ0v) is 22.0. The highest BCUT2D eigenvalue weighted by molar-refractivity contribution is 6.36. The maximum atomic E-state index is 12.5. The number of hydrogen-bond acceptors (Lipinski definition) is 6. The molecule has 0 aliphatic carbocycles. The van der Waals surface area contributed by atoms with Crippen molar-refractivity contribution in [3.8, 4) is 17.1 Å². The van der Waals surface area contributed by atoms with Crippen molar-refractivity contribution in [1.29, 1.82) is 0 Å². The number of ether oxygens (including phenoxy) is 2. The molecule has 39 heavy (non-hydrogen) atoms. The maximum Gasteiger partial charge on any atom is 0.405 e. The van der Waals surface area contributed by atoms with E-state index in [1.807, 2.05) is 22.1 Å². The van der Waals surface area contributed by atoms with Crippen LogP contribution >= 0.6 is 11.6 Å². The van der Waals surface area contributed by atoms with E-state index in [9.17, 15) is 18.0 Å². The van der Waals surface area contributed by atoms with Crippen LogP contribution in [0.3, 0.4) is 0 Å². The van der Waals surface area contributed by atoms with Gasteiger partial charge in [0, 0.05) is 31.0 Å². The molecule has 1 fully saturated rings. The average molecular weight is 563 g/mol. The lowest BCUT2D eigenvalue weighted by Gasteiger charge is -2.23. The van der Waals surface area contributed by atoms with Gasteiger partial charge in [0.05, 0.1) is 29.4 Å². The van der Waals surface area contributed by atoms with Gasteiger partial charge in [-0.05, 0) is 43.0 Å². The Morgan fingerprint density at radius 2 is 2.08 bits per heavy atom. The molecule has 5 rings (SSSR count). The number of carbonyl (C=O) groups is 1. The number of aromatic nitrogens is 5. The Morgan fingerprint density at radius 3 is 2.79 bits per heavy atom. The smallest absolute Gasteiger partial charge is 0.405 e. The van der Waals surface area contributed by atoms with Gasteiger partial charge in [0.2, 0.25) is 0 Å². The Bertz CT molecular complexity index is 1510. The number of fused-ring (bicyclic) bond motifs is 1. The number of amides is 1. The molecule has 2 aromatic heterocycles. The monoisotopic (exact) mass is 562 g/mol. The summed E-state index contributed by atoms with van der Waals surface area (Å²) in [7, 11) is 3.09. The van der Waals surface area contributed by atoms with Gasteiger partial charge in [-0.2, -0.15) is 23.4 Å². The summed E-state index contributed by atoms with van der Waals surface area (Å²) in [6, 6.07) is 8.38. The van der Waals surface area contributed by atoms with Crippen molar-refractivity contribution in [3.05, 3.63) is 58.5 Å². The number of rotatable bonds is 7. The van der Waals surface area contributed by atoms with E-state index >= 15 is 0 Å². The number of hydrogen-bond donors (Lipinski definition) is 1. The second kappa shape index (κ2) is 10.9. The molecular weight excluding hydrogens is 537 g/mol. The normalized spacial score (nSPS) is 16.0. The molecule has 1 aliphatic rings.